The van der Waals surface area contributed by atoms with E-state index in [2.05, 4.69) is 18.5 Å². The summed E-state index contributed by atoms with van der Waals surface area (Å²) in [5.41, 5.74) is 0. The second-order valence-corrected chi connectivity index (χ2v) is 4.60. The Hall–Kier alpha value is -1.37. The van der Waals surface area contributed by atoms with E-state index < -0.39 is 26.2 Å². The first-order chi connectivity index (χ1) is 8.40. The lowest BCUT2D eigenvalue weighted by atomic mass is 10.3. The maximum atomic E-state index is 11.7. The third kappa shape index (κ3) is 5.81. The van der Waals surface area contributed by atoms with Crippen LogP contribution in [0.5, 0.6) is 0 Å². The van der Waals surface area contributed by atoms with Gasteiger partial charge < -0.3 is 14.0 Å². The van der Waals surface area contributed by atoms with Crippen LogP contribution in [0.25, 0.3) is 0 Å². The summed E-state index contributed by atoms with van der Waals surface area (Å²) >= 11 is 0. The van der Waals surface area contributed by atoms with Gasteiger partial charge in [0.25, 0.3) is 0 Å². The van der Waals surface area contributed by atoms with E-state index in [0.717, 1.165) is 34.5 Å². The van der Waals surface area contributed by atoms with Gasteiger partial charge >= 0.3 is 19.8 Å². The molecule has 0 spiro atoms. The molecule has 0 aromatic carbocycles. The van der Waals surface area contributed by atoms with Crippen LogP contribution < -0.4 is 0 Å². The molecule has 18 heavy (non-hydrogen) atoms. The van der Waals surface area contributed by atoms with Crippen molar-refractivity contribution < 1.29 is 37.2 Å². The van der Waals surface area contributed by atoms with E-state index >= 15 is 0 Å². The van der Waals surface area contributed by atoms with Crippen LogP contribution in [0, 0.1) is 0 Å². The molecule has 0 aromatic heterocycles. The van der Waals surface area contributed by atoms with Crippen LogP contribution in [0.2, 0.25) is 0 Å². The highest BCUT2D eigenvalue weighted by atomic mass is 31.2. The van der Waals surface area contributed by atoms with Gasteiger partial charge in [0.2, 0.25) is 0 Å². The molecule has 0 fully saturated rings. The van der Waals surface area contributed by atoms with Gasteiger partial charge in [-0.1, -0.05) is 0 Å². The predicted molar refractivity (Wildman–Crippen MR) is 59.4 cm³/mol. The molecule has 0 aliphatic carbocycles. The lowest BCUT2D eigenvalue weighted by Gasteiger charge is -2.15. The number of methoxy groups -OCH3 is 2. The van der Waals surface area contributed by atoms with Crippen molar-refractivity contribution in [3.63, 3.8) is 0 Å². The molecule has 0 radical (unpaired) electrons. The van der Waals surface area contributed by atoms with Gasteiger partial charge in [-0.2, -0.15) is 0 Å². The van der Waals surface area contributed by atoms with Gasteiger partial charge in [0.05, 0.1) is 20.3 Å². The van der Waals surface area contributed by atoms with Crippen LogP contribution in [-0.2, 0) is 37.2 Å². The largest absolute Gasteiger partial charge is 0.529 e. The summed E-state index contributed by atoms with van der Waals surface area (Å²) < 4.78 is 34.3. The molecule has 0 N–H and O–H groups in total. The van der Waals surface area contributed by atoms with Gasteiger partial charge in [-0.15, -0.1) is 0 Å². The lowest BCUT2D eigenvalue weighted by molar-refractivity contribution is -0.140. The zero-order valence-electron chi connectivity index (χ0n) is 10.5. The molecule has 0 bridgehead atoms. The first kappa shape index (κ1) is 16.6. The van der Waals surface area contributed by atoms with Crippen molar-refractivity contribution in [2.45, 2.75) is 6.42 Å². The van der Waals surface area contributed by atoms with Gasteiger partial charge in [-0.3, -0.25) is 13.8 Å². The number of hydrogen-bond acceptors (Lipinski definition) is 8. The van der Waals surface area contributed by atoms with E-state index in [1.54, 1.807) is 0 Å². The summed E-state index contributed by atoms with van der Waals surface area (Å²) in [4.78, 5) is 22.1. The Bertz CT molecular complexity index is 367. The number of phosphoric acid groups is 1. The summed E-state index contributed by atoms with van der Waals surface area (Å²) in [6.07, 6.45) is 0.434. The Morgan fingerprint density at radius 2 is 1.61 bits per heavy atom. The SMILES string of the molecule is COC(=O)/C=C(/CC(=O)OC)OP(=O)(OC)OC. The molecule has 0 heterocycles. The maximum Gasteiger partial charge on any atom is 0.529 e. The summed E-state index contributed by atoms with van der Waals surface area (Å²) in [5.74, 6) is -1.72. The van der Waals surface area contributed by atoms with Gasteiger partial charge in [-0.25, -0.2) is 9.36 Å². The molecule has 104 valence electrons. The fourth-order valence-corrected chi connectivity index (χ4v) is 1.51. The topological polar surface area (TPSA) is 97.4 Å². The van der Waals surface area contributed by atoms with E-state index in [1.807, 2.05) is 0 Å². The van der Waals surface area contributed by atoms with Crippen molar-refractivity contribution in [1.82, 2.24) is 0 Å². The average molecular weight is 282 g/mol. The summed E-state index contributed by atoms with van der Waals surface area (Å²) in [7, 11) is 0.633. The van der Waals surface area contributed by atoms with Crippen LogP contribution >= 0.6 is 7.82 Å². The third-order valence-corrected chi connectivity index (χ3v) is 3.06. The second-order valence-electron chi connectivity index (χ2n) is 2.79. The zero-order valence-corrected chi connectivity index (χ0v) is 11.4. The molecule has 8 nitrogen and oxygen atoms in total. The third-order valence-electron chi connectivity index (χ3n) is 1.70. The van der Waals surface area contributed by atoms with E-state index in [9.17, 15) is 14.2 Å². The summed E-state index contributed by atoms with van der Waals surface area (Å²) in [6, 6.07) is 0. The van der Waals surface area contributed by atoms with Crippen molar-refractivity contribution in [2.75, 3.05) is 28.4 Å². The Balaban J connectivity index is 4.99. The Morgan fingerprint density at radius 1 is 1.06 bits per heavy atom. The molecular formula is C9H15O8P. The highest BCUT2D eigenvalue weighted by molar-refractivity contribution is 7.48. The molecule has 0 unspecified atom stereocenters. The van der Waals surface area contributed by atoms with E-state index in [-0.39, 0.29) is 5.76 Å². The first-order valence-corrected chi connectivity index (χ1v) is 6.13. The predicted octanol–water partition coefficient (Wildman–Crippen LogP) is 1.02. The number of hydrogen-bond donors (Lipinski definition) is 0. The maximum absolute atomic E-state index is 11.7. The minimum atomic E-state index is -3.85. The summed E-state index contributed by atoms with van der Waals surface area (Å²) in [6.45, 7) is 0. The minimum Gasteiger partial charge on any atom is -0.469 e. The standard InChI is InChI=1S/C9H15O8P/c1-13-8(10)5-7(6-9(11)14-2)17-18(12,15-3)16-4/h5H,6H2,1-4H3/b7-5-. The number of carbonyl (C=O) groups is 2. The molecule has 0 aromatic rings. The highest BCUT2D eigenvalue weighted by Crippen LogP contribution is 2.50. The van der Waals surface area contributed by atoms with Crippen molar-refractivity contribution in [3.8, 4) is 0 Å². The van der Waals surface area contributed by atoms with Crippen molar-refractivity contribution in [1.29, 1.82) is 0 Å². The van der Waals surface area contributed by atoms with Crippen LogP contribution in [0.3, 0.4) is 0 Å². The van der Waals surface area contributed by atoms with Crippen LogP contribution in [0.15, 0.2) is 11.8 Å². The normalized spacial score (nSPS) is 11.9. The highest BCUT2D eigenvalue weighted by Gasteiger charge is 2.27. The van der Waals surface area contributed by atoms with E-state index in [1.165, 1.54) is 0 Å². The summed E-state index contributed by atoms with van der Waals surface area (Å²) in [5, 5.41) is 0. The van der Waals surface area contributed by atoms with E-state index in [0.29, 0.717) is 0 Å². The molecule has 0 amide bonds. The van der Waals surface area contributed by atoms with Crippen molar-refractivity contribution in [2.24, 2.45) is 0 Å². The molecule has 0 saturated heterocycles. The Kier molecular flexibility index (Phi) is 7.26. The number of esters is 2. The van der Waals surface area contributed by atoms with E-state index in [4.69, 9.17) is 4.52 Å². The van der Waals surface area contributed by atoms with Crippen LogP contribution in [0.4, 0.5) is 0 Å². The first-order valence-electron chi connectivity index (χ1n) is 4.67. The fraction of sp³-hybridized carbons (Fsp3) is 0.556. The van der Waals surface area contributed by atoms with Crippen LogP contribution in [-0.4, -0.2) is 40.4 Å². The smallest absolute Gasteiger partial charge is 0.469 e. The lowest BCUT2D eigenvalue weighted by Crippen LogP contribution is -2.07. The number of phosphoric ester groups is 1. The monoisotopic (exact) mass is 282 g/mol. The van der Waals surface area contributed by atoms with Gasteiger partial charge in [-0.05, 0) is 0 Å². The Morgan fingerprint density at radius 3 is 2.00 bits per heavy atom. The van der Waals surface area contributed by atoms with Crippen molar-refractivity contribution >= 4 is 19.8 Å². The quantitative estimate of drug-likeness (QED) is 0.295. The number of rotatable bonds is 7. The Labute approximate surface area is 104 Å². The van der Waals surface area contributed by atoms with Gasteiger partial charge in [0, 0.05) is 14.2 Å². The number of carbonyl (C=O) groups excluding carboxylic acids is 2. The number of ether oxygens (including phenoxy) is 2. The second kappa shape index (κ2) is 7.86. The molecule has 0 rings (SSSR count). The zero-order chi connectivity index (χ0) is 14.2. The van der Waals surface area contributed by atoms with Gasteiger partial charge in [0.1, 0.15) is 12.2 Å². The molecule has 9 heteroatoms. The van der Waals surface area contributed by atoms with Crippen LogP contribution in [0.1, 0.15) is 6.42 Å². The molecule has 0 aliphatic heterocycles. The van der Waals surface area contributed by atoms with Gasteiger partial charge in [0.15, 0.2) is 0 Å². The molecule has 0 saturated carbocycles. The molecule has 0 atom stereocenters. The fourth-order valence-electron chi connectivity index (χ4n) is 0.807. The minimum absolute atomic E-state index is 0.249. The van der Waals surface area contributed by atoms with Crippen molar-refractivity contribution in [3.05, 3.63) is 11.8 Å². The molecule has 0 aliphatic rings. The molecular weight excluding hydrogens is 267 g/mol. The average Bonchev–Trinajstić information content (AvgIpc) is 2.37.